The first-order chi connectivity index (χ1) is 8.16. The van der Waals surface area contributed by atoms with Gasteiger partial charge in [0.25, 0.3) is 0 Å². The molecule has 2 fully saturated rings. The number of thioether (sulfide) groups is 1. The van der Waals surface area contributed by atoms with Crippen LogP contribution >= 0.6 is 11.8 Å². The van der Waals surface area contributed by atoms with E-state index in [9.17, 15) is 9.90 Å². The summed E-state index contributed by atoms with van der Waals surface area (Å²) in [5.74, 6) is 2.71. The molecule has 0 saturated carbocycles. The zero-order valence-electron chi connectivity index (χ0n) is 10.4. The minimum atomic E-state index is -0.295. The second kappa shape index (κ2) is 6.07. The van der Waals surface area contributed by atoms with Crippen LogP contribution in [0, 0.1) is 5.92 Å². The molecule has 0 aromatic heterocycles. The molecule has 0 radical (unpaired) electrons. The molecule has 2 aliphatic heterocycles. The number of carbonyl (C=O) groups excluding carboxylic acids is 1. The molecule has 2 N–H and O–H groups in total. The van der Waals surface area contributed by atoms with Gasteiger partial charge in [0, 0.05) is 49.5 Å². The molecule has 0 aliphatic carbocycles. The first kappa shape index (κ1) is 13.2. The van der Waals surface area contributed by atoms with Crippen LogP contribution in [0.4, 0.5) is 0 Å². The van der Waals surface area contributed by atoms with Crippen molar-refractivity contribution in [2.75, 3.05) is 31.1 Å². The molecule has 2 aliphatic rings. The summed E-state index contributed by atoms with van der Waals surface area (Å²) in [4.78, 5) is 14.0. The minimum Gasteiger partial charge on any atom is -0.393 e. The van der Waals surface area contributed by atoms with E-state index in [1.807, 2.05) is 23.6 Å². The second-order valence-corrected chi connectivity index (χ2v) is 6.21. The Morgan fingerprint density at radius 3 is 3.06 bits per heavy atom. The topological polar surface area (TPSA) is 52.6 Å². The highest BCUT2D eigenvalue weighted by Crippen LogP contribution is 2.21. The minimum absolute atomic E-state index is 0.244. The molecule has 1 amide bonds. The number of likely N-dealkylation sites (tertiary alicyclic amines) is 1. The van der Waals surface area contributed by atoms with Crippen LogP contribution in [0.5, 0.6) is 0 Å². The van der Waals surface area contributed by atoms with Gasteiger partial charge < -0.3 is 15.3 Å². The van der Waals surface area contributed by atoms with Gasteiger partial charge in [0.05, 0.1) is 6.10 Å². The molecule has 3 atom stereocenters. The van der Waals surface area contributed by atoms with Crippen molar-refractivity contribution >= 4 is 17.7 Å². The second-order valence-electron chi connectivity index (χ2n) is 5.06. The largest absolute Gasteiger partial charge is 0.393 e. The Hall–Kier alpha value is -0.260. The molecule has 0 spiro atoms. The Labute approximate surface area is 107 Å². The summed E-state index contributed by atoms with van der Waals surface area (Å²) >= 11 is 1.92. The summed E-state index contributed by atoms with van der Waals surface area (Å²) in [7, 11) is 0. The third-order valence-corrected chi connectivity index (χ3v) is 4.81. The highest BCUT2D eigenvalue weighted by molar-refractivity contribution is 7.99. The van der Waals surface area contributed by atoms with Crippen LogP contribution in [0.15, 0.2) is 0 Å². The SMILES string of the molecule is CC(O)C1CCN(C(=O)CC2CSCCN2)C1. The number of carbonyl (C=O) groups is 1. The molecule has 17 heavy (non-hydrogen) atoms. The summed E-state index contributed by atoms with van der Waals surface area (Å²) in [6, 6.07) is 0.340. The van der Waals surface area contributed by atoms with Crippen LogP contribution in [-0.2, 0) is 4.79 Å². The monoisotopic (exact) mass is 258 g/mol. The lowest BCUT2D eigenvalue weighted by Gasteiger charge is -2.25. The first-order valence-electron chi connectivity index (χ1n) is 6.44. The fourth-order valence-electron chi connectivity index (χ4n) is 2.50. The van der Waals surface area contributed by atoms with Gasteiger partial charge in [-0.05, 0) is 13.3 Å². The fraction of sp³-hybridized carbons (Fsp3) is 0.917. The predicted octanol–water partition coefficient (Wildman–Crippen LogP) is 0.311. The van der Waals surface area contributed by atoms with Crippen molar-refractivity contribution in [1.82, 2.24) is 10.2 Å². The normalized spacial score (nSPS) is 31.5. The summed E-state index contributed by atoms with van der Waals surface area (Å²) in [6.45, 7) is 4.38. The Bertz CT molecular complexity index is 267. The van der Waals surface area contributed by atoms with E-state index < -0.39 is 0 Å². The number of hydrogen-bond donors (Lipinski definition) is 2. The van der Waals surface area contributed by atoms with Crippen molar-refractivity contribution in [2.45, 2.75) is 31.9 Å². The zero-order valence-corrected chi connectivity index (χ0v) is 11.2. The summed E-state index contributed by atoms with van der Waals surface area (Å²) in [6.07, 6.45) is 1.26. The number of rotatable bonds is 3. The molecule has 3 unspecified atom stereocenters. The van der Waals surface area contributed by atoms with Gasteiger partial charge >= 0.3 is 0 Å². The van der Waals surface area contributed by atoms with Crippen LogP contribution in [0.3, 0.4) is 0 Å². The van der Waals surface area contributed by atoms with E-state index in [0.29, 0.717) is 12.5 Å². The van der Waals surface area contributed by atoms with E-state index in [4.69, 9.17) is 0 Å². The maximum Gasteiger partial charge on any atom is 0.224 e. The van der Waals surface area contributed by atoms with E-state index in [1.54, 1.807) is 0 Å². The van der Waals surface area contributed by atoms with Crippen LogP contribution in [-0.4, -0.2) is 59.2 Å². The molecule has 2 heterocycles. The predicted molar refractivity (Wildman–Crippen MR) is 70.1 cm³/mol. The van der Waals surface area contributed by atoms with Crippen LogP contribution in [0.25, 0.3) is 0 Å². The lowest BCUT2D eigenvalue weighted by Crippen LogP contribution is -2.42. The quantitative estimate of drug-likeness (QED) is 0.765. The van der Waals surface area contributed by atoms with E-state index in [-0.39, 0.29) is 17.9 Å². The lowest BCUT2D eigenvalue weighted by molar-refractivity contribution is -0.130. The molecular formula is C12H22N2O2S. The van der Waals surface area contributed by atoms with Gasteiger partial charge in [0.15, 0.2) is 0 Å². The standard InChI is InChI=1S/C12H22N2O2S/c1-9(15)10-2-4-14(7-10)12(16)6-11-8-17-5-3-13-11/h9-11,13,15H,2-8H2,1H3. The number of aliphatic hydroxyl groups is 1. The molecule has 0 bridgehead atoms. The fourth-order valence-corrected chi connectivity index (χ4v) is 3.45. The molecule has 98 valence electrons. The third-order valence-electron chi connectivity index (χ3n) is 3.68. The molecule has 4 nitrogen and oxygen atoms in total. The number of hydrogen-bond acceptors (Lipinski definition) is 4. The van der Waals surface area contributed by atoms with Crippen molar-refractivity contribution in [2.24, 2.45) is 5.92 Å². The molecule has 2 saturated heterocycles. The molecule has 0 aromatic carbocycles. The Morgan fingerprint density at radius 1 is 1.65 bits per heavy atom. The number of nitrogens with one attached hydrogen (secondary N) is 1. The average Bonchev–Trinajstić information content (AvgIpc) is 2.79. The highest BCUT2D eigenvalue weighted by atomic mass is 32.2. The van der Waals surface area contributed by atoms with Crippen LogP contribution in [0.2, 0.25) is 0 Å². The van der Waals surface area contributed by atoms with Gasteiger partial charge in [0.1, 0.15) is 0 Å². The Morgan fingerprint density at radius 2 is 2.47 bits per heavy atom. The Balaban J connectivity index is 1.76. The maximum atomic E-state index is 12.1. The average molecular weight is 258 g/mol. The maximum absolute atomic E-state index is 12.1. The Kier molecular flexibility index (Phi) is 4.70. The summed E-state index contributed by atoms with van der Waals surface area (Å²) in [5, 5.41) is 12.9. The van der Waals surface area contributed by atoms with E-state index >= 15 is 0 Å². The van der Waals surface area contributed by atoms with Crippen LogP contribution in [0.1, 0.15) is 19.8 Å². The van der Waals surface area contributed by atoms with Crippen molar-refractivity contribution in [3.63, 3.8) is 0 Å². The van der Waals surface area contributed by atoms with Gasteiger partial charge in [-0.3, -0.25) is 4.79 Å². The first-order valence-corrected chi connectivity index (χ1v) is 7.59. The van der Waals surface area contributed by atoms with E-state index in [0.717, 1.165) is 37.6 Å². The molecule has 5 heteroatoms. The number of aliphatic hydroxyl groups excluding tert-OH is 1. The van der Waals surface area contributed by atoms with E-state index in [1.165, 1.54) is 0 Å². The molecule has 0 aromatic rings. The highest BCUT2D eigenvalue weighted by Gasteiger charge is 2.30. The van der Waals surface area contributed by atoms with Gasteiger partial charge in [-0.25, -0.2) is 0 Å². The number of nitrogens with zero attached hydrogens (tertiary/aromatic N) is 1. The zero-order chi connectivity index (χ0) is 12.3. The van der Waals surface area contributed by atoms with Gasteiger partial charge in [-0.1, -0.05) is 0 Å². The van der Waals surface area contributed by atoms with Crippen molar-refractivity contribution in [3.8, 4) is 0 Å². The van der Waals surface area contributed by atoms with Gasteiger partial charge in [-0.2, -0.15) is 11.8 Å². The third kappa shape index (κ3) is 3.60. The van der Waals surface area contributed by atoms with E-state index in [2.05, 4.69) is 5.32 Å². The molecular weight excluding hydrogens is 236 g/mol. The van der Waals surface area contributed by atoms with Crippen molar-refractivity contribution < 1.29 is 9.90 Å². The lowest BCUT2D eigenvalue weighted by atomic mass is 10.0. The van der Waals surface area contributed by atoms with Crippen molar-refractivity contribution in [3.05, 3.63) is 0 Å². The van der Waals surface area contributed by atoms with Gasteiger partial charge in [-0.15, -0.1) is 0 Å². The summed E-state index contributed by atoms with van der Waals surface area (Å²) < 4.78 is 0. The van der Waals surface area contributed by atoms with Crippen LogP contribution < -0.4 is 5.32 Å². The summed E-state index contributed by atoms with van der Waals surface area (Å²) in [5.41, 5.74) is 0. The number of amides is 1. The van der Waals surface area contributed by atoms with Gasteiger partial charge in [0.2, 0.25) is 5.91 Å². The van der Waals surface area contributed by atoms with Crippen molar-refractivity contribution in [1.29, 1.82) is 0 Å². The molecule has 2 rings (SSSR count). The smallest absolute Gasteiger partial charge is 0.224 e.